The summed E-state index contributed by atoms with van der Waals surface area (Å²) in [6, 6.07) is 1.76. The number of aromatic nitrogens is 2. The highest BCUT2D eigenvalue weighted by Gasteiger charge is 2.44. The van der Waals surface area contributed by atoms with Crippen molar-refractivity contribution >= 4 is 11.8 Å². The summed E-state index contributed by atoms with van der Waals surface area (Å²) < 4.78 is 4.84. The van der Waals surface area contributed by atoms with Crippen LogP contribution in [-0.2, 0) is 4.74 Å². The minimum absolute atomic E-state index is 0.334. The molecule has 102 valence electrons. The van der Waals surface area contributed by atoms with Crippen molar-refractivity contribution in [3.63, 3.8) is 0 Å². The molecule has 19 heavy (non-hydrogen) atoms. The van der Waals surface area contributed by atoms with Crippen LogP contribution in [0.1, 0.15) is 41.7 Å². The second-order valence-corrected chi connectivity index (χ2v) is 5.70. The SMILES string of the molecule is COC(=O)c1cc(C)nnc1N1CCC2(CC1)CC2. The van der Waals surface area contributed by atoms with Gasteiger partial charge in [0.1, 0.15) is 5.56 Å². The Kier molecular flexibility index (Phi) is 2.92. The van der Waals surface area contributed by atoms with Crippen LogP contribution in [0.2, 0.25) is 0 Å². The molecule has 0 unspecified atom stereocenters. The van der Waals surface area contributed by atoms with Crippen LogP contribution in [0.4, 0.5) is 5.82 Å². The number of hydrogen-bond donors (Lipinski definition) is 0. The van der Waals surface area contributed by atoms with Crippen LogP contribution < -0.4 is 4.90 Å². The predicted molar refractivity (Wildman–Crippen MR) is 71.2 cm³/mol. The van der Waals surface area contributed by atoms with E-state index in [1.54, 1.807) is 6.07 Å². The first-order chi connectivity index (χ1) is 9.13. The van der Waals surface area contributed by atoms with Gasteiger partial charge in [-0.1, -0.05) is 0 Å². The molecule has 2 aliphatic rings. The summed E-state index contributed by atoms with van der Waals surface area (Å²) in [7, 11) is 1.40. The highest BCUT2D eigenvalue weighted by molar-refractivity contribution is 5.94. The van der Waals surface area contributed by atoms with Gasteiger partial charge in [0, 0.05) is 13.1 Å². The fourth-order valence-electron chi connectivity index (χ4n) is 2.85. The summed E-state index contributed by atoms with van der Waals surface area (Å²) in [6.07, 6.45) is 5.13. The van der Waals surface area contributed by atoms with Gasteiger partial charge in [-0.05, 0) is 44.1 Å². The molecule has 0 bridgehead atoms. The van der Waals surface area contributed by atoms with Gasteiger partial charge in [0.2, 0.25) is 0 Å². The topological polar surface area (TPSA) is 55.3 Å². The largest absolute Gasteiger partial charge is 0.465 e. The maximum absolute atomic E-state index is 11.9. The molecule has 5 nitrogen and oxygen atoms in total. The Bertz CT molecular complexity index is 501. The van der Waals surface area contributed by atoms with Gasteiger partial charge < -0.3 is 9.64 Å². The maximum atomic E-state index is 11.9. The Morgan fingerprint density at radius 2 is 1.95 bits per heavy atom. The number of hydrogen-bond acceptors (Lipinski definition) is 5. The van der Waals surface area contributed by atoms with Crippen molar-refractivity contribution in [1.29, 1.82) is 0 Å². The monoisotopic (exact) mass is 261 g/mol. The molecule has 1 saturated carbocycles. The molecule has 0 atom stereocenters. The lowest BCUT2D eigenvalue weighted by Gasteiger charge is -2.33. The molecule has 1 aliphatic heterocycles. The minimum Gasteiger partial charge on any atom is -0.465 e. The predicted octanol–water partition coefficient (Wildman–Crippen LogP) is 1.95. The Hall–Kier alpha value is -1.65. The summed E-state index contributed by atoms with van der Waals surface area (Å²) in [4.78, 5) is 14.0. The molecule has 5 heteroatoms. The second kappa shape index (κ2) is 4.47. The Labute approximate surface area is 113 Å². The first kappa shape index (κ1) is 12.4. The first-order valence-corrected chi connectivity index (χ1v) is 6.81. The van der Waals surface area contributed by atoms with Crippen molar-refractivity contribution in [3.05, 3.63) is 17.3 Å². The molecule has 3 rings (SSSR count). The summed E-state index contributed by atoms with van der Waals surface area (Å²) in [6.45, 7) is 3.75. The Morgan fingerprint density at radius 1 is 1.26 bits per heavy atom. The lowest BCUT2D eigenvalue weighted by molar-refractivity contribution is 0.0600. The van der Waals surface area contributed by atoms with E-state index in [1.165, 1.54) is 32.8 Å². The zero-order chi connectivity index (χ0) is 13.5. The van der Waals surface area contributed by atoms with Gasteiger partial charge in [0.15, 0.2) is 5.82 Å². The first-order valence-electron chi connectivity index (χ1n) is 6.81. The van der Waals surface area contributed by atoms with E-state index in [1.807, 2.05) is 6.92 Å². The van der Waals surface area contributed by atoms with E-state index in [2.05, 4.69) is 15.1 Å². The van der Waals surface area contributed by atoms with Crippen molar-refractivity contribution in [3.8, 4) is 0 Å². The molecule has 1 aromatic rings. The molecule has 1 saturated heterocycles. The van der Waals surface area contributed by atoms with Gasteiger partial charge in [-0.2, -0.15) is 5.10 Å². The minimum atomic E-state index is -0.334. The van der Waals surface area contributed by atoms with Crippen LogP contribution in [0.15, 0.2) is 6.07 Å². The van der Waals surface area contributed by atoms with E-state index in [9.17, 15) is 4.79 Å². The second-order valence-electron chi connectivity index (χ2n) is 5.70. The number of nitrogens with zero attached hydrogens (tertiary/aromatic N) is 3. The molecular formula is C14H19N3O2. The summed E-state index contributed by atoms with van der Waals surface area (Å²) in [5, 5.41) is 8.30. The van der Waals surface area contributed by atoms with Crippen LogP contribution in [0.3, 0.4) is 0 Å². The third-order valence-electron chi connectivity index (χ3n) is 4.38. The standard InChI is InChI=1S/C14H19N3O2/c1-10-9-11(13(18)19-2)12(16-15-10)17-7-5-14(3-4-14)6-8-17/h9H,3-8H2,1-2H3. The number of carbonyl (C=O) groups is 1. The van der Waals surface area contributed by atoms with Crippen LogP contribution in [0, 0.1) is 12.3 Å². The quantitative estimate of drug-likeness (QED) is 0.762. The lowest BCUT2D eigenvalue weighted by atomic mass is 9.93. The van der Waals surface area contributed by atoms with Crippen LogP contribution >= 0.6 is 0 Å². The number of methoxy groups -OCH3 is 1. The average molecular weight is 261 g/mol. The zero-order valence-electron chi connectivity index (χ0n) is 11.5. The van der Waals surface area contributed by atoms with Gasteiger partial charge in [0.25, 0.3) is 0 Å². The molecule has 0 amide bonds. The molecule has 1 aliphatic carbocycles. The van der Waals surface area contributed by atoms with E-state index in [4.69, 9.17) is 4.74 Å². The maximum Gasteiger partial charge on any atom is 0.341 e. The molecule has 0 aromatic carbocycles. The number of rotatable bonds is 2. The highest BCUT2D eigenvalue weighted by atomic mass is 16.5. The van der Waals surface area contributed by atoms with Gasteiger partial charge >= 0.3 is 5.97 Å². The summed E-state index contributed by atoms with van der Waals surface area (Å²) >= 11 is 0. The normalized spacial score (nSPS) is 20.4. The van der Waals surface area contributed by atoms with E-state index in [0.717, 1.165) is 18.8 Å². The van der Waals surface area contributed by atoms with Crippen LogP contribution in [0.25, 0.3) is 0 Å². The Balaban J connectivity index is 1.85. The zero-order valence-corrected chi connectivity index (χ0v) is 11.5. The number of anilines is 1. The third-order valence-corrected chi connectivity index (χ3v) is 4.38. The fourth-order valence-corrected chi connectivity index (χ4v) is 2.85. The summed E-state index contributed by atoms with van der Waals surface area (Å²) in [5.41, 5.74) is 1.88. The van der Waals surface area contributed by atoms with Crippen molar-refractivity contribution in [2.45, 2.75) is 32.6 Å². The molecule has 2 heterocycles. The van der Waals surface area contributed by atoms with Gasteiger partial charge in [-0.15, -0.1) is 5.10 Å². The average Bonchev–Trinajstić information content (AvgIpc) is 3.18. The molecule has 0 N–H and O–H groups in total. The highest BCUT2D eigenvalue weighted by Crippen LogP contribution is 2.53. The van der Waals surface area contributed by atoms with E-state index < -0.39 is 0 Å². The molecular weight excluding hydrogens is 242 g/mol. The van der Waals surface area contributed by atoms with E-state index in [-0.39, 0.29) is 5.97 Å². The lowest BCUT2D eigenvalue weighted by Crippen LogP contribution is -2.36. The number of piperidine rings is 1. The van der Waals surface area contributed by atoms with Gasteiger partial charge in [-0.3, -0.25) is 0 Å². The molecule has 2 fully saturated rings. The fraction of sp³-hybridized carbons (Fsp3) is 0.643. The van der Waals surface area contributed by atoms with Crippen LogP contribution in [0.5, 0.6) is 0 Å². The van der Waals surface area contributed by atoms with Crippen molar-refractivity contribution < 1.29 is 9.53 Å². The number of ether oxygens (including phenoxy) is 1. The number of esters is 1. The summed E-state index contributed by atoms with van der Waals surface area (Å²) in [5.74, 6) is 0.340. The van der Waals surface area contributed by atoms with Crippen molar-refractivity contribution in [2.75, 3.05) is 25.1 Å². The van der Waals surface area contributed by atoms with Crippen molar-refractivity contribution in [1.82, 2.24) is 10.2 Å². The number of aryl methyl sites for hydroxylation is 1. The number of carbonyl (C=O) groups excluding carboxylic acids is 1. The van der Waals surface area contributed by atoms with Gasteiger partial charge in [0.05, 0.1) is 12.8 Å². The molecule has 0 radical (unpaired) electrons. The molecule has 1 aromatic heterocycles. The van der Waals surface area contributed by atoms with E-state index in [0.29, 0.717) is 16.8 Å². The Morgan fingerprint density at radius 3 is 2.53 bits per heavy atom. The van der Waals surface area contributed by atoms with Crippen molar-refractivity contribution in [2.24, 2.45) is 5.41 Å². The molecule has 1 spiro atoms. The van der Waals surface area contributed by atoms with E-state index >= 15 is 0 Å². The smallest absolute Gasteiger partial charge is 0.341 e. The van der Waals surface area contributed by atoms with Crippen LogP contribution in [-0.4, -0.2) is 36.4 Å². The van der Waals surface area contributed by atoms with Gasteiger partial charge in [-0.25, -0.2) is 4.79 Å². The third kappa shape index (κ3) is 2.29.